The van der Waals surface area contributed by atoms with Gasteiger partial charge in [0.2, 0.25) is 5.91 Å². The summed E-state index contributed by atoms with van der Waals surface area (Å²) in [5.41, 5.74) is 0.538. The smallest absolute Gasteiger partial charge is 0.236 e. The van der Waals surface area contributed by atoms with Gasteiger partial charge in [0.05, 0.1) is 6.07 Å². The molecule has 4 saturated carbocycles. The summed E-state index contributed by atoms with van der Waals surface area (Å²) in [7, 11) is 1.85. The molecule has 1 amide bonds. The molecule has 0 saturated heterocycles. The van der Waals surface area contributed by atoms with Gasteiger partial charge in [0.15, 0.2) is 0 Å². The van der Waals surface area contributed by atoms with Gasteiger partial charge < -0.3 is 4.90 Å². The minimum absolute atomic E-state index is 0.0211. The zero-order chi connectivity index (χ0) is 13.5. The molecule has 4 rings (SSSR count). The first-order valence-corrected chi connectivity index (χ1v) is 7.71. The Hall–Kier alpha value is -1.04. The van der Waals surface area contributed by atoms with Crippen molar-refractivity contribution in [1.82, 2.24) is 4.90 Å². The lowest BCUT2D eigenvalue weighted by atomic mass is 9.49. The molecule has 0 atom stereocenters. The zero-order valence-corrected chi connectivity index (χ0v) is 11.9. The van der Waals surface area contributed by atoms with Crippen LogP contribution in [0.2, 0.25) is 0 Å². The highest BCUT2D eigenvalue weighted by Crippen LogP contribution is 2.61. The first kappa shape index (κ1) is 13.0. The summed E-state index contributed by atoms with van der Waals surface area (Å²) in [6.07, 6.45) is 9.81. The molecule has 4 aliphatic carbocycles. The molecule has 0 unspecified atom stereocenters. The first-order valence-electron chi connectivity index (χ1n) is 7.71. The Balaban J connectivity index is 1.58. The molecular formula is C16H24N2O. The molecule has 3 nitrogen and oxygen atoms in total. The normalized spacial score (nSPS) is 39.1. The van der Waals surface area contributed by atoms with Gasteiger partial charge >= 0.3 is 0 Å². The number of carbonyl (C=O) groups is 1. The summed E-state index contributed by atoms with van der Waals surface area (Å²) >= 11 is 0. The van der Waals surface area contributed by atoms with Crippen molar-refractivity contribution in [1.29, 1.82) is 5.26 Å². The van der Waals surface area contributed by atoms with Crippen LogP contribution in [0.3, 0.4) is 0 Å². The van der Waals surface area contributed by atoms with Gasteiger partial charge in [-0.05, 0) is 68.1 Å². The lowest BCUT2D eigenvalue weighted by Gasteiger charge is -2.57. The summed E-state index contributed by atoms with van der Waals surface area (Å²) in [6.45, 7) is 0.840. The average molecular weight is 260 g/mol. The van der Waals surface area contributed by atoms with E-state index in [-0.39, 0.29) is 12.3 Å². The van der Waals surface area contributed by atoms with Gasteiger partial charge in [-0.2, -0.15) is 5.26 Å². The molecule has 0 aromatic carbocycles. The van der Waals surface area contributed by atoms with E-state index >= 15 is 0 Å². The fourth-order valence-corrected chi connectivity index (χ4v) is 5.33. The fraction of sp³-hybridized carbons (Fsp3) is 0.875. The van der Waals surface area contributed by atoms with Crippen molar-refractivity contribution in [2.75, 3.05) is 13.6 Å². The van der Waals surface area contributed by atoms with Crippen LogP contribution in [0.1, 0.15) is 51.4 Å². The van der Waals surface area contributed by atoms with E-state index in [0.29, 0.717) is 5.41 Å². The monoisotopic (exact) mass is 260 g/mol. The highest BCUT2D eigenvalue weighted by Gasteiger charge is 2.50. The van der Waals surface area contributed by atoms with Crippen LogP contribution in [0.25, 0.3) is 0 Å². The maximum Gasteiger partial charge on any atom is 0.236 e. The minimum Gasteiger partial charge on any atom is -0.345 e. The van der Waals surface area contributed by atoms with Crippen molar-refractivity contribution in [3.05, 3.63) is 0 Å². The number of nitrogens with zero attached hydrogens (tertiary/aromatic N) is 2. The molecule has 0 aromatic heterocycles. The van der Waals surface area contributed by atoms with Crippen LogP contribution in [-0.2, 0) is 4.79 Å². The molecule has 0 aromatic rings. The first-order chi connectivity index (χ1) is 9.10. The third-order valence-corrected chi connectivity index (χ3v) is 5.80. The summed E-state index contributed by atoms with van der Waals surface area (Å²) in [5, 5.41) is 8.59. The van der Waals surface area contributed by atoms with Crippen molar-refractivity contribution < 1.29 is 4.79 Å². The highest BCUT2D eigenvalue weighted by atomic mass is 16.2. The van der Waals surface area contributed by atoms with Gasteiger partial charge in [-0.15, -0.1) is 0 Å². The Morgan fingerprint density at radius 2 is 1.74 bits per heavy atom. The van der Waals surface area contributed by atoms with Gasteiger partial charge in [0.1, 0.15) is 6.42 Å². The number of carbonyl (C=O) groups excluding carboxylic acids is 1. The molecule has 19 heavy (non-hydrogen) atoms. The molecule has 4 aliphatic rings. The van der Waals surface area contributed by atoms with E-state index in [1.54, 1.807) is 4.90 Å². The van der Waals surface area contributed by atoms with Crippen LogP contribution < -0.4 is 0 Å². The SMILES string of the molecule is CN(CCC12CC3CC(CC(C3)C1)C2)C(=O)CC#N. The van der Waals surface area contributed by atoms with Crippen LogP contribution in [0.5, 0.6) is 0 Å². The standard InChI is InChI=1S/C16H24N2O/c1-18(15(19)2-4-17)5-3-16-9-12-6-13(10-16)8-14(7-12)11-16/h12-14H,2-3,5-11H2,1H3. The molecule has 0 radical (unpaired) electrons. The molecule has 3 heteroatoms. The maximum absolute atomic E-state index is 11.7. The number of rotatable bonds is 4. The average Bonchev–Trinajstić information content (AvgIpc) is 2.34. The summed E-state index contributed by atoms with van der Waals surface area (Å²) in [5.74, 6) is 2.91. The topological polar surface area (TPSA) is 44.1 Å². The quantitative estimate of drug-likeness (QED) is 0.780. The van der Waals surface area contributed by atoms with Gasteiger partial charge in [-0.1, -0.05) is 0 Å². The molecular weight excluding hydrogens is 236 g/mol. The van der Waals surface area contributed by atoms with Crippen LogP contribution in [0.4, 0.5) is 0 Å². The van der Waals surface area contributed by atoms with Crippen molar-refractivity contribution in [2.24, 2.45) is 23.2 Å². The van der Waals surface area contributed by atoms with Crippen LogP contribution in [-0.4, -0.2) is 24.4 Å². The lowest BCUT2D eigenvalue weighted by molar-refractivity contribution is -0.130. The third-order valence-electron chi connectivity index (χ3n) is 5.80. The van der Waals surface area contributed by atoms with Crippen molar-refractivity contribution in [3.8, 4) is 6.07 Å². The van der Waals surface area contributed by atoms with E-state index in [2.05, 4.69) is 0 Å². The van der Waals surface area contributed by atoms with E-state index in [9.17, 15) is 4.79 Å². The Morgan fingerprint density at radius 1 is 1.21 bits per heavy atom. The highest BCUT2D eigenvalue weighted by molar-refractivity contribution is 5.77. The minimum atomic E-state index is -0.0211. The maximum atomic E-state index is 11.7. The predicted molar refractivity (Wildman–Crippen MR) is 73.1 cm³/mol. The number of hydrogen-bond acceptors (Lipinski definition) is 2. The van der Waals surface area contributed by atoms with Crippen molar-refractivity contribution in [2.45, 2.75) is 51.4 Å². The second-order valence-corrected chi connectivity index (χ2v) is 7.32. The largest absolute Gasteiger partial charge is 0.345 e. The van der Waals surface area contributed by atoms with E-state index < -0.39 is 0 Å². The lowest BCUT2D eigenvalue weighted by Crippen LogP contribution is -2.47. The van der Waals surface area contributed by atoms with E-state index in [0.717, 1.165) is 30.7 Å². The summed E-state index contributed by atoms with van der Waals surface area (Å²) in [4.78, 5) is 13.4. The van der Waals surface area contributed by atoms with Crippen LogP contribution in [0.15, 0.2) is 0 Å². The molecule has 104 valence electrons. The molecule has 0 spiro atoms. The molecule has 0 N–H and O–H groups in total. The number of amides is 1. The van der Waals surface area contributed by atoms with Crippen molar-refractivity contribution in [3.63, 3.8) is 0 Å². The summed E-state index contributed by atoms with van der Waals surface area (Å²) in [6, 6.07) is 1.95. The Kier molecular flexibility index (Phi) is 3.28. The molecule has 0 heterocycles. The van der Waals surface area contributed by atoms with Crippen LogP contribution >= 0.6 is 0 Å². The Bertz CT molecular complexity index is 374. The zero-order valence-electron chi connectivity index (χ0n) is 11.9. The molecule has 4 bridgehead atoms. The molecule has 0 aliphatic heterocycles. The van der Waals surface area contributed by atoms with E-state index in [1.165, 1.54) is 38.5 Å². The van der Waals surface area contributed by atoms with Gasteiger partial charge in [0, 0.05) is 13.6 Å². The van der Waals surface area contributed by atoms with Gasteiger partial charge in [0.25, 0.3) is 0 Å². The summed E-state index contributed by atoms with van der Waals surface area (Å²) < 4.78 is 0. The number of nitriles is 1. The van der Waals surface area contributed by atoms with Crippen molar-refractivity contribution >= 4 is 5.91 Å². The molecule has 4 fully saturated rings. The fourth-order valence-electron chi connectivity index (χ4n) is 5.33. The van der Waals surface area contributed by atoms with E-state index in [4.69, 9.17) is 5.26 Å². The Morgan fingerprint density at radius 3 is 2.21 bits per heavy atom. The van der Waals surface area contributed by atoms with Crippen LogP contribution in [0, 0.1) is 34.5 Å². The second-order valence-electron chi connectivity index (χ2n) is 7.32. The Labute approximate surface area is 116 Å². The van der Waals surface area contributed by atoms with E-state index in [1.807, 2.05) is 13.1 Å². The second kappa shape index (κ2) is 4.81. The van der Waals surface area contributed by atoms with Gasteiger partial charge in [-0.25, -0.2) is 0 Å². The number of hydrogen-bond donors (Lipinski definition) is 0. The third kappa shape index (κ3) is 2.50. The predicted octanol–water partition coefficient (Wildman–Crippen LogP) is 2.96. The van der Waals surface area contributed by atoms with Gasteiger partial charge in [-0.3, -0.25) is 4.79 Å².